The molecule has 2 rings (SSSR count). The van der Waals surface area contributed by atoms with Crippen LogP contribution in [-0.2, 0) is 0 Å². The van der Waals surface area contributed by atoms with Gasteiger partial charge in [-0.1, -0.05) is 0 Å². The fraction of sp³-hybridized carbons (Fsp3) is 0. The third-order valence-corrected chi connectivity index (χ3v) is 3.11. The third-order valence-electron chi connectivity index (χ3n) is 1.61. The maximum atomic E-state index is 8.57. The van der Waals surface area contributed by atoms with Crippen molar-refractivity contribution in [1.29, 1.82) is 5.26 Å². The number of halogens is 1. The molecule has 0 unspecified atom stereocenters. The molecule has 0 aromatic carbocycles. The molecule has 0 radical (unpaired) electrons. The highest BCUT2D eigenvalue weighted by atomic mass is 79.9. The van der Waals surface area contributed by atoms with Gasteiger partial charge in [-0.2, -0.15) is 5.26 Å². The molecule has 0 N–H and O–H groups in total. The van der Waals surface area contributed by atoms with Crippen molar-refractivity contribution in [2.24, 2.45) is 0 Å². The van der Waals surface area contributed by atoms with E-state index < -0.39 is 0 Å². The molecule has 0 atom stereocenters. The molecule has 68 valence electrons. The summed E-state index contributed by atoms with van der Waals surface area (Å²) < 4.78 is 1.04. The van der Waals surface area contributed by atoms with Crippen LogP contribution in [0.1, 0.15) is 5.56 Å². The molecule has 5 heteroatoms. The lowest BCUT2D eigenvalue weighted by Gasteiger charge is -1.93. The first-order valence-corrected chi connectivity index (χ1v) is 5.43. The Hall–Kier alpha value is -1.25. The minimum Gasteiger partial charge on any atom is -0.235 e. The van der Waals surface area contributed by atoms with E-state index in [0.29, 0.717) is 11.4 Å². The zero-order chi connectivity index (χ0) is 9.97. The molecule has 0 bridgehead atoms. The third kappa shape index (κ3) is 1.81. The van der Waals surface area contributed by atoms with E-state index in [2.05, 4.69) is 25.9 Å². The fourth-order valence-electron chi connectivity index (χ4n) is 0.962. The Morgan fingerprint density at radius 1 is 1.36 bits per heavy atom. The number of nitriles is 1. The van der Waals surface area contributed by atoms with Gasteiger partial charge in [0, 0.05) is 23.3 Å². The van der Waals surface area contributed by atoms with Gasteiger partial charge in [-0.15, -0.1) is 11.3 Å². The van der Waals surface area contributed by atoms with E-state index in [1.54, 1.807) is 11.3 Å². The molecule has 2 heterocycles. The summed E-state index contributed by atoms with van der Waals surface area (Å²) in [6.45, 7) is 0. The number of rotatable bonds is 1. The van der Waals surface area contributed by atoms with Crippen LogP contribution >= 0.6 is 27.3 Å². The molecule has 0 saturated heterocycles. The Morgan fingerprint density at radius 2 is 2.07 bits per heavy atom. The zero-order valence-corrected chi connectivity index (χ0v) is 9.34. The largest absolute Gasteiger partial charge is 0.235 e. The van der Waals surface area contributed by atoms with Crippen LogP contribution in [0.3, 0.4) is 0 Å². The van der Waals surface area contributed by atoms with E-state index in [4.69, 9.17) is 5.26 Å². The Balaban J connectivity index is 2.39. The van der Waals surface area contributed by atoms with Crippen LogP contribution in [0, 0.1) is 11.3 Å². The molecule has 2 aromatic rings. The molecule has 0 fully saturated rings. The smallest absolute Gasteiger partial charge is 0.160 e. The SMILES string of the molecule is N#Cc1cnc(-c2csc(Br)c2)nc1. The number of nitrogens with zero attached hydrogens (tertiary/aromatic N) is 3. The van der Waals surface area contributed by atoms with Gasteiger partial charge in [0.15, 0.2) is 5.82 Å². The van der Waals surface area contributed by atoms with Crippen LogP contribution in [0.15, 0.2) is 27.6 Å². The minimum atomic E-state index is 0.475. The predicted molar refractivity (Wildman–Crippen MR) is 57.8 cm³/mol. The second-order valence-electron chi connectivity index (χ2n) is 2.55. The molecule has 0 aliphatic rings. The van der Waals surface area contributed by atoms with E-state index in [1.165, 1.54) is 12.4 Å². The summed E-state index contributed by atoms with van der Waals surface area (Å²) in [5.41, 5.74) is 1.44. The van der Waals surface area contributed by atoms with Crippen molar-refractivity contribution in [2.45, 2.75) is 0 Å². The van der Waals surface area contributed by atoms with E-state index in [1.807, 2.05) is 17.5 Å². The van der Waals surface area contributed by atoms with Crippen LogP contribution in [0.25, 0.3) is 11.4 Å². The van der Waals surface area contributed by atoms with Crippen LogP contribution in [0.5, 0.6) is 0 Å². The van der Waals surface area contributed by atoms with Crippen LogP contribution in [-0.4, -0.2) is 9.97 Å². The second-order valence-corrected chi connectivity index (χ2v) is 4.84. The topological polar surface area (TPSA) is 49.6 Å². The number of thiophene rings is 1. The molecule has 3 nitrogen and oxygen atoms in total. The molecule has 2 aromatic heterocycles. The standard InChI is InChI=1S/C9H4BrN3S/c10-8-1-7(5-14-8)9-12-3-6(2-11)4-13-9/h1,3-5H. The first kappa shape index (κ1) is 9.31. The monoisotopic (exact) mass is 265 g/mol. The minimum absolute atomic E-state index is 0.475. The van der Waals surface area contributed by atoms with E-state index in [0.717, 1.165) is 9.35 Å². The maximum Gasteiger partial charge on any atom is 0.160 e. The number of hydrogen-bond donors (Lipinski definition) is 0. The lowest BCUT2D eigenvalue weighted by Crippen LogP contribution is -1.87. The molecule has 0 spiro atoms. The summed E-state index contributed by atoms with van der Waals surface area (Å²) in [4.78, 5) is 8.17. The van der Waals surface area contributed by atoms with Gasteiger partial charge in [0.2, 0.25) is 0 Å². The summed E-state index contributed by atoms with van der Waals surface area (Å²) in [7, 11) is 0. The summed E-state index contributed by atoms with van der Waals surface area (Å²) in [6, 6.07) is 3.93. The van der Waals surface area contributed by atoms with Crippen LogP contribution in [0.4, 0.5) is 0 Å². The average molecular weight is 266 g/mol. The second kappa shape index (κ2) is 3.86. The van der Waals surface area contributed by atoms with Crippen LogP contribution in [0.2, 0.25) is 0 Å². The highest BCUT2D eigenvalue weighted by molar-refractivity contribution is 9.11. The summed E-state index contributed by atoms with van der Waals surface area (Å²) >= 11 is 4.95. The zero-order valence-electron chi connectivity index (χ0n) is 6.94. The van der Waals surface area contributed by atoms with Crippen molar-refractivity contribution >= 4 is 27.3 Å². The van der Waals surface area contributed by atoms with Gasteiger partial charge in [-0.05, 0) is 22.0 Å². The number of aromatic nitrogens is 2. The first-order valence-electron chi connectivity index (χ1n) is 3.76. The van der Waals surface area contributed by atoms with Gasteiger partial charge in [0.05, 0.1) is 9.35 Å². The maximum absolute atomic E-state index is 8.57. The van der Waals surface area contributed by atoms with Gasteiger partial charge in [-0.25, -0.2) is 9.97 Å². The van der Waals surface area contributed by atoms with Crippen molar-refractivity contribution < 1.29 is 0 Å². The van der Waals surface area contributed by atoms with Crippen molar-refractivity contribution in [2.75, 3.05) is 0 Å². The quantitative estimate of drug-likeness (QED) is 0.797. The molecular weight excluding hydrogens is 262 g/mol. The Morgan fingerprint density at radius 3 is 2.57 bits per heavy atom. The highest BCUT2D eigenvalue weighted by Crippen LogP contribution is 2.26. The normalized spacial score (nSPS) is 9.71. The van der Waals surface area contributed by atoms with Crippen LogP contribution < -0.4 is 0 Å². The van der Waals surface area contributed by atoms with Crippen molar-refractivity contribution in [3.05, 3.63) is 33.2 Å². The van der Waals surface area contributed by atoms with Gasteiger partial charge in [-0.3, -0.25) is 0 Å². The Labute approximate surface area is 93.2 Å². The van der Waals surface area contributed by atoms with Gasteiger partial charge < -0.3 is 0 Å². The molecule has 0 aliphatic heterocycles. The summed E-state index contributed by atoms with van der Waals surface area (Å²) in [5, 5.41) is 10.5. The summed E-state index contributed by atoms with van der Waals surface area (Å²) in [6.07, 6.45) is 3.04. The molecule has 0 aliphatic carbocycles. The van der Waals surface area contributed by atoms with Gasteiger partial charge >= 0.3 is 0 Å². The first-order chi connectivity index (χ1) is 6.79. The predicted octanol–water partition coefficient (Wildman–Crippen LogP) is 2.84. The molecule has 14 heavy (non-hydrogen) atoms. The average Bonchev–Trinajstić information content (AvgIpc) is 2.65. The van der Waals surface area contributed by atoms with Crippen molar-refractivity contribution in [3.63, 3.8) is 0 Å². The van der Waals surface area contributed by atoms with Gasteiger partial charge in [0.1, 0.15) is 6.07 Å². The van der Waals surface area contributed by atoms with Crippen molar-refractivity contribution in [3.8, 4) is 17.5 Å². The Kier molecular flexibility index (Phi) is 2.57. The highest BCUT2D eigenvalue weighted by Gasteiger charge is 2.03. The van der Waals surface area contributed by atoms with E-state index >= 15 is 0 Å². The Bertz CT molecular complexity index is 484. The lowest BCUT2D eigenvalue weighted by atomic mass is 10.3. The molecule has 0 amide bonds. The van der Waals surface area contributed by atoms with E-state index in [-0.39, 0.29) is 0 Å². The fourth-order valence-corrected chi connectivity index (χ4v) is 2.10. The molecular formula is C9H4BrN3S. The van der Waals surface area contributed by atoms with Crippen molar-refractivity contribution in [1.82, 2.24) is 9.97 Å². The van der Waals surface area contributed by atoms with Gasteiger partial charge in [0.25, 0.3) is 0 Å². The lowest BCUT2D eigenvalue weighted by molar-refractivity contribution is 1.16. The molecule has 0 saturated carbocycles. The van der Waals surface area contributed by atoms with E-state index in [9.17, 15) is 0 Å². The number of hydrogen-bond acceptors (Lipinski definition) is 4. The summed E-state index contributed by atoms with van der Waals surface area (Å²) in [5.74, 6) is 0.644.